The molecule has 5 rings (SSSR count). The van der Waals surface area contributed by atoms with Crippen LogP contribution in [0.15, 0.2) is 62.6 Å². The van der Waals surface area contributed by atoms with Crippen molar-refractivity contribution >= 4 is 11.3 Å². The molecule has 0 aliphatic heterocycles. The third-order valence-electron chi connectivity index (χ3n) is 6.43. The summed E-state index contributed by atoms with van der Waals surface area (Å²) in [5.74, 6) is 0.587. The van der Waals surface area contributed by atoms with Gasteiger partial charge in [-0.3, -0.25) is 18.9 Å². The second-order valence-corrected chi connectivity index (χ2v) is 10.4. The summed E-state index contributed by atoms with van der Waals surface area (Å²) >= 11 is 1.50. The molecule has 5 aromatic rings. The maximum absolute atomic E-state index is 13.7. The Morgan fingerprint density at radius 1 is 1.00 bits per heavy atom. The van der Waals surface area contributed by atoms with E-state index in [2.05, 4.69) is 27.3 Å². The van der Waals surface area contributed by atoms with Gasteiger partial charge in [0.25, 0.3) is 5.56 Å². The Bertz CT molecular complexity index is 1680. The lowest BCUT2D eigenvalue weighted by atomic mass is 9.98. The van der Waals surface area contributed by atoms with E-state index in [-0.39, 0.29) is 5.56 Å². The zero-order chi connectivity index (χ0) is 26.6. The molecular formula is C28H28N6O3S. The van der Waals surface area contributed by atoms with Gasteiger partial charge in [-0.05, 0) is 37.0 Å². The van der Waals surface area contributed by atoms with Crippen molar-refractivity contribution in [2.75, 3.05) is 0 Å². The summed E-state index contributed by atoms with van der Waals surface area (Å²) in [7, 11) is 0. The van der Waals surface area contributed by atoms with Crippen LogP contribution >= 0.6 is 11.3 Å². The number of nitrogens with zero attached hydrogens (tertiary/aromatic N) is 5. The van der Waals surface area contributed by atoms with Gasteiger partial charge in [-0.1, -0.05) is 67.0 Å². The molecule has 194 valence electrons. The Balaban J connectivity index is 1.48. The van der Waals surface area contributed by atoms with Crippen molar-refractivity contribution in [2.24, 2.45) is 0 Å². The van der Waals surface area contributed by atoms with E-state index < -0.39 is 5.76 Å². The number of aromatic amines is 1. The normalized spacial score (nSPS) is 11.2. The fraction of sp³-hybridized carbons (Fsp3) is 0.286. The van der Waals surface area contributed by atoms with Crippen LogP contribution in [0.25, 0.3) is 22.5 Å². The molecule has 0 radical (unpaired) electrons. The molecule has 10 heteroatoms. The molecule has 1 N–H and O–H groups in total. The average Bonchev–Trinajstić information content (AvgIpc) is 3.55. The van der Waals surface area contributed by atoms with Crippen molar-refractivity contribution in [3.63, 3.8) is 0 Å². The molecule has 38 heavy (non-hydrogen) atoms. The van der Waals surface area contributed by atoms with E-state index in [0.29, 0.717) is 24.4 Å². The SMILES string of the molecule is CCCCc1nc(C)c(Cc2nnc(C)s2)c(=O)n1Cc1ccc(-c2ccccc2-c2noc(=O)[nH]2)cc1. The summed E-state index contributed by atoms with van der Waals surface area (Å²) in [5.41, 5.74) is 5.02. The van der Waals surface area contributed by atoms with Crippen LogP contribution in [-0.2, 0) is 19.4 Å². The number of aromatic nitrogens is 6. The van der Waals surface area contributed by atoms with E-state index in [0.717, 1.165) is 63.0 Å². The zero-order valence-corrected chi connectivity index (χ0v) is 22.3. The summed E-state index contributed by atoms with van der Waals surface area (Å²) in [5, 5.41) is 13.8. The quantitative estimate of drug-likeness (QED) is 0.294. The largest absolute Gasteiger partial charge is 0.439 e. The minimum atomic E-state index is -0.596. The standard InChI is InChI=1S/C28H28N6O3S/c1-4-5-10-24-29-17(2)23(15-25-32-31-18(3)38-25)27(35)34(24)16-19-11-13-20(14-12-19)21-8-6-7-9-22(21)26-30-28(36)37-33-26/h6-9,11-14H,4-5,10,15-16H2,1-3H3,(H,30,33,36). The lowest BCUT2D eigenvalue weighted by molar-refractivity contribution is 0.388. The molecule has 3 aromatic heterocycles. The first-order chi connectivity index (χ1) is 18.4. The number of hydrogen-bond acceptors (Lipinski definition) is 8. The molecular weight excluding hydrogens is 500 g/mol. The highest BCUT2D eigenvalue weighted by Crippen LogP contribution is 2.30. The van der Waals surface area contributed by atoms with Crippen LogP contribution in [0.5, 0.6) is 0 Å². The van der Waals surface area contributed by atoms with Crippen molar-refractivity contribution in [3.05, 3.63) is 102 Å². The minimum Gasteiger partial charge on any atom is -0.296 e. The molecule has 0 unspecified atom stereocenters. The molecule has 0 aliphatic rings. The zero-order valence-electron chi connectivity index (χ0n) is 21.5. The maximum Gasteiger partial charge on any atom is 0.439 e. The fourth-order valence-electron chi connectivity index (χ4n) is 4.47. The third kappa shape index (κ3) is 5.40. The van der Waals surface area contributed by atoms with Crippen molar-refractivity contribution in [2.45, 2.75) is 53.0 Å². The first-order valence-corrected chi connectivity index (χ1v) is 13.4. The van der Waals surface area contributed by atoms with Gasteiger partial charge in [0, 0.05) is 29.7 Å². The highest BCUT2D eigenvalue weighted by atomic mass is 32.1. The summed E-state index contributed by atoms with van der Waals surface area (Å²) in [6.07, 6.45) is 3.15. The van der Waals surface area contributed by atoms with Crippen LogP contribution in [-0.4, -0.2) is 29.9 Å². The molecule has 0 spiro atoms. The summed E-state index contributed by atoms with van der Waals surface area (Å²) in [6, 6.07) is 15.7. The van der Waals surface area contributed by atoms with Gasteiger partial charge in [0.05, 0.1) is 6.54 Å². The Hall–Kier alpha value is -4.18. The van der Waals surface area contributed by atoms with Crippen molar-refractivity contribution in [3.8, 4) is 22.5 Å². The average molecular weight is 529 g/mol. The van der Waals surface area contributed by atoms with Gasteiger partial charge in [-0.25, -0.2) is 9.78 Å². The lowest BCUT2D eigenvalue weighted by Gasteiger charge is -2.16. The molecule has 0 bridgehead atoms. The molecule has 0 aliphatic carbocycles. The first kappa shape index (κ1) is 25.5. The van der Waals surface area contributed by atoms with Crippen LogP contribution in [0.4, 0.5) is 0 Å². The van der Waals surface area contributed by atoms with Crippen LogP contribution in [0.2, 0.25) is 0 Å². The van der Waals surface area contributed by atoms with E-state index in [4.69, 9.17) is 9.51 Å². The number of hydrogen-bond donors (Lipinski definition) is 1. The van der Waals surface area contributed by atoms with Gasteiger partial charge in [0.2, 0.25) is 0 Å². The highest BCUT2D eigenvalue weighted by Gasteiger charge is 2.17. The van der Waals surface area contributed by atoms with E-state index in [1.807, 2.05) is 62.4 Å². The number of unbranched alkanes of at least 4 members (excludes halogenated alkanes) is 1. The van der Waals surface area contributed by atoms with Crippen molar-refractivity contribution < 1.29 is 4.52 Å². The van der Waals surface area contributed by atoms with Crippen LogP contribution in [0.3, 0.4) is 0 Å². The van der Waals surface area contributed by atoms with Gasteiger partial charge in [0.15, 0.2) is 5.82 Å². The predicted octanol–water partition coefficient (Wildman–Crippen LogP) is 4.70. The summed E-state index contributed by atoms with van der Waals surface area (Å²) < 4.78 is 6.50. The molecule has 0 saturated carbocycles. The number of benzene rings is 2. The lowest BCUT2D eigenvalue weighted by Crippen LogP contribution is -2.30. The van der Waals surface area contributed by atoms with Crippen LogP contribution in [0, 0.1) is 13.8 Å². The van der Waals surface area contributed by atoms with E-state index >= 15 is 0 Å². The maximum atomic E-state index is 13.7. The van der Waals surface area contributed by atoms with E-state index in [1.54, 1.807) is 4.57 Å². The third-order valence-corrected chi connectivity index (χ3v) is 7.26. The predicted molar refractivity (Wildman–Crippen MR) is 146 cm³/mol. The molecule has 3 heterocycles. The minimum absolute atomic E-state index is 0.0270. The van der Waals surface area contributed by atoms with E-state index in [1.165, 1.54) is 11.3 Å². The first-order valence-electron chi connectivity index (χ1n) is 12.6. The Labute approximate surface area is 223 Å². The molecule has 9 nitrogen and oxygen atoms in total. The topological polar surface area (TPSA) is 120 Å². The van der Waals surface area contributed by atoms with Gasteiger partial charge >= 0.3 is 5.76 Å². The molecule has 0 atom stereocenters. The van der Waals surface area contributed by atoms with Crippen LogP contribution in [0.1, 0.15) is 52.4 Å². The number of rotatable bonds is 9. The number of nitrogens with one attached hydrogen (secondary N) is 1. The summed E-state index contributed by atoms with van der Waals surface area (Å²) in [4.78, 5) is 32.7. The molecule has 0 fully saturated rings. The van der Waals surface area contributed by atoms with Crippen LogP contribution < -0.4 is 11.3 Å². The van der Waals surface area contributed by atoms with Crippen molar-refractivity contribution in [1.29, 1.82) is 0 Å². The smallest absolute Gasteiger partial charge is 0.296 e. The Kier molecular flexibility index (Phi) is 7.41. The summed E-state index contributed by atoms with van der Waals surface area (Å²) in [6.45, 7) is 6.36. The van der Waals surface area contributed by atoms with Gasteiger partial charge in [0.1, 0.15) is 15.8 Å². The monoisotopic (exact) mass is 528 g/mol. The van der Waals surface area contributed by atoms with Gasteiger partial charge in [-0.2, -0.15) is 0 Å². The second kappa shape index (κ2) is 11.1. The number of H-pyrrole nitrogens is 1. The molecule has 0 amide bonds. The highest BCUT2D eigenvalue weighted by molar-refractivity contribution is 7.11. The van der Waals surface area contributed by atoms with Gasteiger partial charge < -0.3 is 0 Å². The van der Waals surface area contributed by atoms with Gasteiger partial charge in [-0.15, -0.1) is 21.5 Å². The Morgan fingerprint density at radius 3 is 2.42 bits per heavy atom. The fourth-order valence-corrected chi connectivity index (χ4v) is 5.19. The molecule has 2 aromatic carbocycles. The van der Waals surface area contributed by atoms with E-state index in [9.17, 15) is 9.59 Å². The number of aryl methyl sites for hydroxylation is 3. The molecule has 0 saturated heterocycles. The second-order valence-electron chi connectivity index (χ2n) is 9.16. The van der Waals surface area contributed by atoms with Crippen molar-refractivity contribution in [1.82, 2.24) is 29.9 Å². The Morgan fingerprint density at radius 2 is 1.76 bits per heavy atom.